The quantitative estimate of drug-likeness (QED) is 0.775. The van der Waals surface area contributed by atoms with Crippen molar-refractivity contribution in [3.63, 3.8) is 0 Å². The molecule has 0 radical (unpaired) electrons. The maximum Gasteiger partial charge on any atom is 0.417 e. The number of hydrogen-bond acceptors (Lipinski definition) is 5. The highest BCUT2D eigenvalue weighted by Crippen LogP contribution is 2.31. The molecule has 1 aliphatic carbocycles. The Hall–Kier alpha value is -3.24. The first kappa shape index (κ1) is 20.0. The van der Waals surface area contributed by atoms with Crippen LogP contribution < -0.4 is 10.2 Å². The van der Waals surface area contributed by atoms with E-state index in [4.69, 9.17) is 0 Å². The van der Waals surface area contributed by atoms with E-state index in [1.165, 1.54) is 25.2 Å². The fraction of sp³-hybridized carbons (Fsp3) is 0.421. The number of urea groups is 1. The molecule has 1 saturated heterocycles. The fourth-order valence-electron chi connectivity index (χ4n) is 3.15. The molecule has 1 N–H and O–H groups in total. The predicted octanol–water partition coefficient (Wildman–Crippen LogP) is 2.47. The van der Waals surface area contributed by atoms with Gasteiger partial charge in [-0.25, -0.2) is 9.78 Å². The van der Waals surface area contributed by atoms with Gasteiger partial charge in [-0.15, -0.1) is 0 Å². The lowest BCUT2D eigenvalue weighted by atomic mass is 10.2. The molecule has 0 atom stereocenters. The number of carbonyl (C=O) groups is 2. The first-order chi connectivity index (χ1) is 14.3. The van der Waals surface area contributed by atoms with Gasteiger partial charge in [-0.05, 0) is 24.8 Å². The zero-order valence-electron chi connectivity index (χ0n) is 15.9. The second-order valence-electron chi connectivity index (χ2n) is 7.33. The molecule has 2 aliphatic rings. The molecule has 2 fully saturated rings. The first-order valence-electron chi connectivity index (χ1n) is 9.49. The number of amides is 3. The van der Waals surface area contributed by atoms with Crippen LogP contribution in [0, 0.1) is 5.92 Å². The molecule has 2 aromatic rings. The summed E-state index contributed by atoms with van der Waals surface area (Å²) >= 11 is 0. The van der Waals surface area contributed by atoms with Crippen molar-refractivity contribution in [3.8, 4) is 0 Å². The van der Waals surface area contributed by atoms with Gasteiger partial charge < -0.3 is 10.2 Å². The number of halogens is 3. The first-order valence-corrected chi connectivity index (χ1v) is 9.49. The summed E-state index contributed by atoms with van der Waals surface area (Å²) in [5, 5.41) is 2.49. The normalized spacial score (nSPS) is 16.8. The lowest BCUT2D eigenvalue weighted by Crippen LogP contribution is -2.33. The van der Waals surface area contributed by atoms with Gasteiger partial charge in [0.15, 0.2) is 5.82 Å². The highest BCUT2D eigenvalue weighted by atomic mass is 19.4. The number of alkyl halides is 3. The summed E-state index contributed by atoms with van der Waals surface area (Å²) < 4.78 is 38.2. The van der Waals surface area contributed by atoms with E-state index in [0.717, 1.165) is 18.8 Å². The zero-order valence-corrected chi connectivity index (χ0v) is 15.9. The standard InChI is InChI=1S/C19H19F3N6O2/c20-19(21,22)14-5-13(6-23-7-14)17(29)26-9-15-8-25-16(10-24-15)28-4-3-27(18(28)30)11-12-1-2-12/h5-8,10,12H,1-4,9,11H2,(H,26,29). The molecule has 0 bridgehead atoms. The van der Waals surface area contributed by atoms with Crippen molar-refractivity contribution < 1.29 is 22.8 Å². The average molecular weight is 420 g/mol. The molecule has 0 aromatic carbocycles. The highest BCUT2D eigenvalue weighted by molar-refractivity contribution is 5.94. The summed E-state index contributed by atoms with van der Waals surface area (Å²) in [6.45, 7) is 1.94. The number of nitrogens with zero attached hydrogens (tertiary/aromatic N) is 5. The Kier molecular flexibility index (Phi) is 5.27. The third-order valence-electron chi connectivity index (χ3n) is 5.00. The van der Waals surface area contributed by atoms with Crippen molar-refractivity contribution in [2.75, 3.05) is 24.5 Å². The number of hydrogen-bond donors (Lipinski definition) is 1. The van der Waals surface area contributed by atoms with Crippen LogP contribution in [0.4, 0.5) is 23.8 Å². The van der Waals surface area contributed by atoms with E-state index in [1.54, 1.807) is 4.90 Å². The number of pyridine rings is 1. The van der Waals surface area contributed by atoms with Gasteiger partial charge >= 0.3 is 12.2 Å². The van der Waals surface area contributed by atoms with E-state index in [0.29, 0.717) is 36.7 Å². The molecule has 2 aromatic heterocycles. The van der Waals surface area contributed by atoms with Crippen LogP contribution in [0.2, 0.25) is 0 Å². The molecule has 158 valence electrons. The fourth-order valence-corrected chi connectivity index (χ4v) is 3.15. The molecular formula is C19H19F3N6O2. The molecule has 30 heavy (non-hydrogen) atoms. The summed E-state index contributed by atoms with van der Waals surface area (Å²) in [6, 6.07) is 0.651. The molecule has 1 saturated carbocycles. The van der Waals surface area contributed by atoms with Crippen LogP contribution in [-0.2, 0) is 12.7 Å². The Morgan fingerprint density at radius 3 is 2.60 bits per heavy atom. The van der Waals surface area contributed by atoms with Gasteiger partial charge in [0, 0.05) is 32.0 Å². The van der Waals surface area contributed by atoms with E-state index in [9.17, 15) is 22.8 Å². The van der Waals surface area contributed by atoms with Crippen LogP contribution >= 0.6 is 0 Å². The van der Waals surface area contributed by atoms with Crippen LogP contribution in [-0.4, -0.2) is 51.4 Å². The molecular weight excluding hydrogens is 401 g/mol. The number of nitrogens with one attached hydrogen (secondary N) is 1. The summed E-state index contributed by atoms with van der Waals surface area (Å²) in [7, 11) is 0. The Balaban J connectivity index is 1.34. The van der Waals surface area contributed by atoms with Crippen LogP contribution in [0.15, 0.2) is 30.9 Å². The summed E-state index contributed by atoms with van der Waals surface area (Å²) in [4.78, 5) is 39.9. The molecule has 1 aliphatic heterocycles. The van der Waals surface area contributed by atoms with Gasteiger partial charge in [-0.3, -0.25) is 19.7 Å². The number of rotatable bonds is 6. The molecule has 4 rings (SSSR count). The van der Waals surface area contributed by atoms with Crippen LogP contribution in [0.3, 0.4) is 0 Å². The van der Waals surface area contributed by atoms with E-state index < -0.39 is 17.6 Å². The lowest BCUT2D eigenvalue weighted by molar-refractivity contribution is -0.137. The third-order valence-corrected chi connectivity index (χ3v) is 5.00. The minimum atomic E-state index is -4.58. The average Bonchev–Trinajstić information content (AvgIpc) is 3.48. The molecule has 3 heterocycles. The topological polar surface area (TPSA) is 91.3 Å². The summed E-state index contributed by atoms with van der Waals surface area (Å²) in [5.41, 5.74) is -0.786. The summed E-state index contributed by atoms with van der Waals surface area (Å²) in [6.07, 6.45) is 2.35. The van der Waals surface area contributed by atoms with Gasteiger partial charge in [0.05, 0.1) is 35.8 Å². The number of carbonyl (C=O) groups excluding carboxylic acids is 2. The highest BCUT2D eigenvalue weighted by Gasteiger charge is 2.34. The third kappa shape index (κ3) is 4.50. The van der Waals surface area contributed by atoms with Gasteiger partial charge in [0.1, 0.15) is 0 Å². The number of anilines is 1. The molecule has 0 unspecified atom stereocenters. The minimum Gasteiger partial charge on any atom is -0.346 e. The van der Waals surface area contributed by atoms with Gasteiger partial charge in [-0.2, -0.15) is 13.2 Å². The minimum absolute atomic E-state index is 0.0237. The van der Waals surface area contributed by atoms with Crippen molar-refractivity contribution in [1.29, 1.82) is 0 Å². The van der Waals surface area contributed by atoms with Gasteiger partial charge in [0.2, 0.25) is 0 Å². The molecule has 11 heteroatoms. The van der Waals surface area contributed by atoms with Crippen molar-refractivity contribution in [2.24, 2.45) is 5.92 Å². The zero-order chi connectivity index (χ0) is 21.3. The van der Waals surface area contributed by atoms with Crippen LogP contribution in [0.25, 0.3) is 0 Å². The molecule has 0 spiro atoms. The predicted molar refractivity (Wildman–Crippen MR) is 99.5 cm³/mol. The van der Waals surface area contributed by atoms with Crippen LogP contribution in [0.5, 0.6) is 0 Å². The monoisotopic (exact) mass is 420 g/mol. The Labute approximate surface area is 170 Å². The Bertz CT molecular complexity index is 946. The lowest BCUT2D eigenvalue weighted by Gasteiger charge is -2.17. The van der Waals surface area contributed by atoms with E-state index in [1.807, 2.05) is 4.90 Å². The second-order valence-corrected chi connectivity index (χ2v) is 7.33. The Morgan fingerprint density at radius 2 is 1.93 bits per heavy atom. The smallest absolute Gasteiger partial charge is 0.346 e. The SMILES string of the molecule is O=C(NCc1cnc(N2CCN(CC3CC3)C2=O)cn1)c1cncc(C(F)(F)F)c1. The van der Waals surface area contributed by atoms with Crippen molar-refractivity contribution >= 4 is 17.8 Å². The number of aromatic nitrogens is 3. The van der Waals surface area contributed by atoms with Crippen molar-refractivity contribution in [2.45, 2.75) is 25.6 Å². The second kappa shape index (κ2) is 7.88. The van der Waals surface area contributed by atoms with Crippen molar-refractivity contribution in [1.82, 2.24) is 25.2 Å². The van der Waals surface area contributed by atoms with E-state index >= 15 is 0 Å². The summed E-state index contributed by atoms with van der Waals surface area (Å²) in [5.74, 6) is 0.332. The van der Waals surface area contributed by atoms with Crippen LogP contribution in [0.1, 0.15) is 34.5 Å². The molecule has 8 nitrogen and oxygen atoms in total. The van der Waals surface area contributed by atoms with E-state index in [-0.39, 0.29) is 18.1 Å². The van der Waals surface area contributed by atoms with Crippen molar-refractivity contribution in [3.05, 3.63) is 47.7 Å². The molecule has 3 amide bonds. The maximum atomic E-state index is 12.7. The maximum absolute atomic E-state index is 12.7. The van der Waals surface area contributed by atoms with E-state index in [2.05, 4.69) is 20.3 Å². The Morgan fingerprint density at radius 1 is 1.13 bits per heavy atom. The van der Waals surface area contributed by atoms with Gasteiger partial charge in [-0.1, -0.05) is 0 Å². The largest absolute Gasteiger partial charge is 0.417 e. The van der Waals surface area contributed by atoms with Gasteiger partial charge in [0.25, 0.3) is 5.91 Å².